The first-order valence-corrected chi connectivity index (χ1v) is 10.9. The van der Waals surface area contributed by atoms with Crippen LogP contribution in [0.2, 0.25) is 0 Å². The molecule has 2 atom stereocenters. The molecule has 1 saturated heterocycles. The Kier molecular flexibility index (Phi) is 5.69. The molecule has 2 unspecified atom stereocenters. The van der Waals surface area contributed by atoms with E-state index in [4.69, 9.17) is 18.9 Å². The lowest BCUT2D eigenvalue weighted by Gasteiger charge is -2.32. The van der Waals surface area contributed by atoms with Crippen LogP contribution in [0.15, 0.2) is 72.8 Å². The van der Waals surface area contributed by atoms with Gasteiger partial charge in [0, 0.05) is 0 Å². The van der Waals surface area contributed by atoms with Gasteiger partial charge in [0.05, 0.1) is 24.5 Å². The average Bonchev–Trinajstić information content (AvgIpc) is 3.64. The van der Waals surface area contributed by atoms with Crippen LogP contribution in [0.5, 0.6) is 17.2 Å². The molecule has 0 aliphatic carbocycles. The largest absolute Gasteiger partial charge is 0.492 e. The molecule has 1 fully saturated rings. The second-order valence-electron chi connectivity index (χ2n) is 7.75. The summed E-state index contributed by atoms with van der Waals surface area (Å²) in [5.74, 6) is 2.16. The Morgan fingerprint density at radius 3 is 2.22 bits per heavy atom. The summed E-state index contributed by atoms with van der Waals surface area (Å²) in [5.41, 5.74) is 3.00. The molecule has 0 radical (unpaired) electrons. The number of rotatable bonds is 8. The highest BCUT2D eigenvalue weighted by Gasteiger charge is 2.47. The molecular weight excluding hydrogens is 406 g/mol. The summed E-state index contributed by atoms with van der Waals surface area (Å²) in [6.45, 7) is 3.58. The van der Waals surface area contributed by atoms with Crippen LogP contribution in [0, 0.1) is 0 Å². The van der Waals surface area contributed by atoms with E-state index in [1.54, 1.807) is 0 Å². The van der Waals surface area contributed by atoms with Crippen molar-refractivity contribution in [1.82, 2.24) is 0 Å². The van der Waals surface area contributed by atoms with Gasteiger partial charge in [-0.15, -0.1) is 0 Å². The van der Waals surface area contributed by atoms with Crippen molar-refractivity contribution in [2.45, 2.75) is 25.6 Å². The van der Waals surface area contributed by atoms with Gasteiger partial charge in [0.1, 0.15) is 18.5 Å². The Balaban J connectivity index is 1.20. The van der Waals surface area contributed by atoms with Crippen LogP contribution in [0.1, 0.15) is 25.0 Å². The van der Waals surface area contributed by atoms with Gasteiger partial charge in [0.25, 0.3) is 0 Å². The number of fused-ring (bicyclic) bond motifs is 2. The third-order valence-electron chi connectivity index (χ3n) is 5.50. The zero-order chi connectivity index (χ0) is 21.9. The summed E-state index contributed by atoms with van der Waals surface area (Å²) >= 11 is 0. The van der Waals surface area contributed by atoms with E-state index in [1.165, 1.54) is 0 Å². The maximum Gasteiger partial charge on any atom is 0.338 e. The van der Waals surface area contributed by atoms with E-state index in [1.807, 2.05) is 67.6 Å². The van der Waals surface area contributed by atoms with E-state index in [0.717, 1.165) is 40.6 Å². The van der Waals surface area contributed by atoms with Crippen molar-refractivity contribution in [1.29, 1.82) is 0 Å². The van der Waals surface area contributed by atoms with Crippen LogP contribution in [0.3, 0.4) is 0 Å². The fraction of sp³-hybridized carbons (Fsp3) is 0.269. The zero-order valence-corrected chi connectivity index (χ0v) is 17.9. The second kappa shape index (κ2) is 8.93. The number of carbonyl (C=O) groups excluding carboxylic acids is 1. The minimum atomic E-state index is -0.491. The van der Waals surface area contributed by atoms with Gasteiger partial charge in [-0.1, -0.05) is 43.3 Å². The van der Waals surface area contributed by atoms with Crippen LogP contribution in [-0.4, -0.2) is 31.8 Å². The van der Waals surface area contributed by atoms with Gasteiger partial charge in [-0.05, 0) is 48.4 Å². The standard InChI is InChI=1S/C26H25NO5/c1-2-16-30-26(28)25-24(32-25)18-11-13-19(14-12-18)29-17-15-27-20-7-3-5-9-22(20)31-23-10-6-4-8-21(23)27/h3-14,24-25H,2,15-17H2,1H3. The predicted molar refractivity (Wildman–Crippen MR) is 121 cm³/mol. The zero-order valence-electron chi connectivity index (χ0n) is 17.9. The fourth-order valence-electron chi connectivity index (χ4n) is 3.86. The lowest BCUT2D eigenvalue weighted by atomic mass is 10.1. The molecule has 0 spiro atoms. The molecule has 0 aromatic heterocycles. The Bertz CT molecular complexity index is 1050. The Morgan fingerprint density at radius 1 is 0.906 bits per heavy atom. The highest BCUT2D eigenvalue weighted by molar-refractivity contribution is 5.78. The molecule has 6 nitrogen and oxygen atoms in total. The number of para-hydroxylation sites is 4. The third kappa shape index (κ3) is 4.14. The van der Waals surface area contributed by atoms with E-state index in [0.29, 0.717) is 19.8 Å². The van der Waals surface area contributed by atoms with Crippen molar-refractivity contribution in [3.05, 3.63) is 78.4 Å². The average molecular weight is 431 g/mol. The first-order valence-electron chi connectivity index (χ1n) is 10.9. The fourth-order valence-corrected chi connectivity index (χ4v) is 3.86. The first-order chi connectivity index (χ1) is 15.7. The van der Waals surface area contributed by atoms with E-state index >= 15 is 0 Å². The minimum absolute atomic E-state index is 0.227. The van der Waals surface area contributed by atoms with Crippen molar-refractivity contribution >= 4 is 17.3 Å². The second-order valence-corrected chi connectivity index (χ2v) is 7.75. The molecule has 2 heterocycles. The van der Waals surface area contributed by atoms with E-state index in [9.17, 15) is 4.79 Å². The van der Waals surface area contributed by atoms with Crippen LogP contribution < -0.4 is 14.4 Å². The summed E-state index contributed by atoms with van der Waals surface area (Å²) in [4.78, 5) is 14.1. The van der Waals surface area contributed by atoms with Gasteiger partial charge in [-0.25, -0.2) is 4.79 Å². The minimum Gasteiger partial charge on any atom is -0.492 e. The van der Waals surface area contributed by atoms with Crippen LogP contribution in [0.4, 0.5) is 11.4 Å². The molecular formula is C26H25NO5. The van der Waals surface area contributed by atoms with Gasteiger partial charge < -0.3 is 23.8 Å². The van der Waals surface area contributed by atoms with Gasteiger partial charge in [-0.2, -0.15) is 0 Å². The highest BCUT2D eigenvalue weighted by atomic mass is 16.6. The number of ether oxygens (including phenoxy) is 4. The molecule has 2 aliphatic heterocycles. The van der Waals surface area contributed by atoms with Crippen molar-refractivity contribution in [3.8, 4) is 17.2 Å². The van der Waals surface area contributed by atoms with E-state index < -0.39 is 6.10 Å². The maximum atomic E-state index is 11.9. The van der Waals surface area contributed by atoms with Crippen molar-refractivity contribution < 1.29 is 23.7 Å². The number of benzene rings is 3. The van der Waals surface area contributed by atoms with Gasteiger partial charge >= 0.3 is 5.97 Å². The van der Waals surface area contributed by atoms with Crippen LogP contribution >= 0.6 is 0 Å². The summed E-state index contributed by atoms with van der Waals surface area (Å²) in [5, 5.41) is 0. The van der Waals surface area contributed by atoms with Crippen LogP contribution in [-0.2, 0) is 14.3 Å². The maximum absolute atomic E-state index is 11.9. The molecule has 3 aromatic carbocycles. The van der Waals surface area contributed by atoms with Gasteiger partial charge in [0.2, 0.25) is 0 Å². The molecule has 0 amide bonds. The molecule has 0 bridgehead atoms. The quantitative estimate of drug-likeness (QED) is 0.351. The van der Waals surface area contributed by atoms with E-state index in [2.05, 4.69) is 17.0 Å². The van der Waals surface area contributed by atoms with Crippen molar-refractivity contribution in [2.24, 2.45) is 0 Å². The topological polar surface area (TPSA) is 60.5 Å². The number of anilines is 2. The summed E-state index contributed by atoms with van der Waals surface area (Å²) < 4.78 is 22.7. The van der Waals surface area contributed by atoms with E-state index in [-0.39, 0.29) is 12.1 Å². The SMILES string of the molecule is CCCOC(=O)C1OC1c1ccc(OCCN2c3ccccc3Oc3ccccc32)cc1. The normalized spacial score (nSPS) is 18.2. The lowest BCUT2D eigenvalue weighted by Crippen LogP contribution is -2.26. The Hall–Kier alpha value is -3.51. The Morgan fingerprint density at radius 2 is 1.56 bits per heavy atom. The monoisotopic (exact) mass is 431 g/mol. The number of esters is 1. The Labute approximate surface area is 187 Å². The molecule has 2 aliphatic rings. The van der Waals surface area contributed by atoms with Gasteiger partial charge in [0.15, 0.2) is 17.6 Å². The highest BCUT2D eigenvalue weighted by Crippen LogP contribution is 2.46. The lowest BCUT2D eigenvalue weighted by molar-refractivity contribution is -0.145. The third-order valence-corrected chi connectivity index (χ3v) is 5.50. The summed E-state index contributed by atoms with van der Waals surface area (Å²) in [6.07, 6.45) is 0.0843. The molecule has 32 heavy (non-hydrogen) atoms. The predicted octanol–water partition coefficient (Wildman–Crippen LogP) is 5.40. The molecule has 3 aromatic rings. The molecule has 164 valence electrons. The number of hydrogen-bond acceptors (Lipinski definition) is 6. The molecule has 0 saturated carbocycles. The number of epoxide rings is 1. The summed E-state index contributed by atoms with van der Waals surface area (Å²) in [7, 11) is 0. The first kappa shape index (κ1) is 20.4. The molecule has 6 heteroatoms. The molecule has 0 N–H and O–H groups in total. The smallest absolute Gasteiger partial charge is 0.338 e. The number of hydrogen-bond donors (Lipinski definition) is 0. The summed E-state index contributed by atoms with van der Waals surface area (Å²) in [6, 6.07) is 23.7. The number of nitrogens with zero attached hydrogens (tertiary/aromatic N) is 1. The van der Waals surface area contributed by atoms with Crippen molar-refractivity contribution in [2.75, 3.05) is 24.7 Å². The van der Waals surface area contributed by atoms with Gasteiger partial charge in [-0.3, -0.25) is 0 Å². The van der Waals surface area contributed by atoms with Crippen LogP contribution in [0.25, 0.3) is 0 Å². The molecule has 5 rings (SSSR count). The number of carbonyl (C=O) groups is 1. The van der Waals surface area contributed by atoms with Crippen molar-refractivity contribution in [3.63, 3.8) is 0 Å².